The predicted octanol–water partition coefficient (Wildman–Crippen LogP) is 1.34. The van der Waals surface area contributed by atoms with E-state index in [1.807, 2.05) is 4.90 Å². The lowest BCUT2D eigenvalue weighted by molar-refractivity contribution is -0.121. The van der Waals surface area contributed by atoms with Crippen LogP contribution in [0.4, 0.5) is 4.79 Å². The first-order valence-electron chi connectivity index (χ1n) is 9.41. The first-order chi connectivity index (χ1) is 11.7. The van der Waals surface area contributed by atoms with Gasteiger partial charge in [-0.15, -0.1) is 0 Å². The van der Waals surface area contributed by atoms with Gasteiger partial charge in [-0.3, -0.25) is 9.69 Å². The zero-order valence-corrected chi connectivity index (χ0v) is 14.5. The van der Waals surface area contributed by atoms with Crippen molar-refractivity contribution in [1.82, 2.24) is 20.4 Å². The Morgan fingerprint density at radius 1 is 1.00 bits per heavy atom. The number of carbonyl (C=O) groups is 2. The van der Waals surface area contributed by atoms with Gasteiger partial charge in [0.1, 0.15) is 0 Å². The van der Waals surface area contributed by atoms with Crippen molar-refractivity contribution in [2.45, 2.75) is 44.6 Å². The van der Waals surface area contributed by atoms with Crippen LogP contribution in [-0.4, -0.2) is 67.0 Å². The molecule has 0 aromatic heterocycles. The summed E-state index contributed by atoms with van der Waals surface area (Å²) in [7, 11) is 0. The summed E-state index contributed by atoms with van der Waals surface area (Å²) < 4.78 is 0. The lowest BCUT2D eigenvalue weighted by Crippen LogP contribution is -2.44. The summed E-state index contributed by atoms with van der Waals surface area (Å²) in [5.74, 6) is 0.695. The number of rotatable bonds is 6. The highest BCUT2D eigenvalue weighted by Gasteiger charge is 2.30. The summed E-state index contributed by atoms with van der Waals surface area (Å²) in [5, 5.41) is 5.84. The van der Waals surface area contributed by atoms with E-state index in [0.29, 0.717) is 31.5 Å². The summed E-state index contributed by atoms with van der Waals surface area (Å²) >= 11 is 0. The predicted molar refractivity (Wildman–Crippen MR) is 93.7 cm³/mol. The van der Waals surface area contributed by atoms with Gasteiger partial charge in [-0.1, -0.05) is 25.0 Å². The third-order valence-corrected chi connectivity index (χ3v) is 5.49. The maximum Gasteiger partial charge on any atom is 0.317 e. The Labute approximate surface area is 144 Å². The maximum absolute atomic E-state index is 12.2. The first kappa shape index (κ1) is 17.3. The van der Waals surface area contributed by atoms with E-state index in [1.165, 1.54) is 25.7 Å². The van der Waals surface area contributed by atoms with Crippen LogP contribution in [0.5, 0.6) is 0 Å². The zero-order chi connectivity index (χ0) is 16.8. The fourth-order valence-corrected chi connectivity index (χ4v) is 4.05. The Balaban J connectivity index is 1.26. The molecule has 0 bridgehead atoms. The number of amides is 3. The van der Waals surface area contributed by atoms with Gasteiger partial charge in [0.15, 0.2) is 0 Å². The van der Waals surface area contributed by atoms with Crippen LogP contribution in [0.2, 0.25) is 0 Å². The van der Waals surface area contributed by atoms with Crippen molar-refractivity contribution in [1.29, 1.82) is 0 Å². The van der Waals surface area contributed by atoms with Crippen molar-refractivity contribution in [3.63, 3.8) is 0 Å². The molecule has 3 amide bonds. The third-order valence-electron chi connectivity index (χ3n) is 5.49. The normalized spacial score (nSPS) is 24.7. The van der Waals surface area contributed by atoms with E-state index in [-0.39, 0.29) is 11.9 Å². The number of hydrogen-bond acceptors (Lipinski definition) is 3. The standard InChI is InChI=1S/C18H30N4O2/c23-17(13-15-5-1-2-6-15)19-8-9-20-18(24)22-12-7-16(14-22)21-10-3-4-11-21/h3-4,15-16H,1-2,5-14H2,(H,19,23)(H,20,24). The molecule has 0 aromatic rings. The highest BCUT2D eigenvalue weighted by molar-refractivity contribution is 5.76. The van der Waals surface area contributed by atoms with Gasteiger partial charge in [-0.05, 0) is 25.2 Å². The lowest BCUT2D eigenvalue weighted by atomic mass is 10.0. The second-order valence-electron chi connectivity index (χ2n) is 7.25. The van der Waals surface area contributed by atoms with Crippen molar-refractivity contribution in [2.24, 2.45) is 5.92 Å². The number of nitrogens with one attached hydrogen (secondary N) is 2. The van der Waals surface area contributed by atoms with Crippen molar-refractivity contribution >= 4 is 11.9 Å². The molecule has 2 N–H and O–H groups in total. The maximum atomic E-state index is 12.2. The number of likely N-dealkylation sites (tertiary alicyclic amines) is 1. The molecule has 0 radical (unpaired) electrons. The molecular weight excluding hydrogens is 304 g/mol. The zero-order valence-electron chi connectivity index (χ0n) is 14.5. The second kappa shape index (κ2) is 8.51. The molecule has 1 saturated carbocycles. The molecule has 2 heterocycles. The van der Waals surface area contributed by atoms with Crippen LogP contribution in [0, 0.1) is 5.92 Å². The largest absolute Gasteiger partial charge is 0.354 e. The summed E-state index contributed by atoms with van der Waals surface area (Å²) in [6.45, 7) is 4.66. The van der Waals surface area contributed by atoms with Crippen LogP contribution in [0.1, 0.15) is 38.5 Å². The molecule has 1 saturated heterocycles. The van der Waals surface area contributed by atoms with E-state index in [1.54, 1.807) is 0 Å². The second-order valence-corrected chi connectivity index (χ2v) is 7.25. The van der Waals surface area contributed by atoms with Crippen LogP contribution >= 0.6 is 0 Å². The van der Waals surface area contributed by atoms with Gasteiger partial charge in [0.25, 0.3) is 0 Å². The van der Waals surface area contributed by atoms with Gasteiger partial charge in [0.2, 0.25) is 5.91 Å². The molecule has 3 rings (SSSR count). The van der Waals surface area contributed by atoms with Crippen LogP contribution in [-0.2, 0) is 4.79 Å². The molecule has 1 atom stereocenters. The SMILES string of the molecule is O=C(CC1CCCC1)NCCNC(=O)N1CCC(N2CC=CC2)C1. The molecule has 24 heavy (non-hydrogen) atoms. The number of carbonyl (C=O) groups excluding carboxylic acids is 2. The van der Waals surface area contributed by atoms with E-state index >= 15 is 0 Å². The van der Waals surface area contributed by atoms with Crippen LogP contribution in [0.15, 0.2) is 12.2 Å². The quantitative estimate of drug-likeness (QED) is 0.569. The van der Waals surface area contributed by atoms with Crippen LogP contribution in [0.25, 0.3) is 0 Å². The third kappa shape index (κ3) is 4.72. The molecule has 1 aliphatic carbocycles. The average molecular weight is 334 g/mol. The molecule has 3 aliphatic rings. The fourth-order valence-electron chi connectivity index (χ4n) is 4.05. The Morgan fingerprint density at radius 3 is 2.46 bits per heavy atom. The van der Waals surface area contributed by atoms with Crippen molar-refractivity contribution in [3.8, 4) is 0 Å². The van der Waals surface area contributed by atoms with Crippen molar-refractivity contribution in [3.05, 3.63) is 12.2 Å². The Morgan fingerprint density at radius 2 is 1.71 bits per heavy atom. The smallest absolute Gasteiger partial charge is 0.317 e. The molecule has 6 heteroatoms. The van der Waals surface area contributed by atoms with Gasteiger partial charge in [-0.2, -0.15) is 0 Å². The Kier molecular flexibility index (Phi) is 6.12. The van der Waals surface area contributed by atoms with Gasteiger partial charge in [0, 0.05) is 51.7 Å². The molecule has 2 aliphatic heterocycles. The highest BCUT2D eigenvalue weighted by Crippen LogP contribution is 2.27. The van der Waals surface area contributed by atoms with Crippen LogP contribution in [0.3, 0.4) is 0 Å². The minimum Gasteiger partial charge on any atom is -0.354 e. The topological polar surface area (TPSA) is 64.7 Å². The molecule has 2 fully saturated rings. The summed E-state index contributed by atoms with van der Waals surface area (Å²) in [6.07, 6.45) is 11.0. The van der Waals surface area contributed by atoms with E-state index in [4.69, 9.17) is 0 Å². The molecule has 0 aromatic carbocycles. The summed E-state index contributed by atoms with van der Waals surface area (Å²) in [5.41, 5.74) is 0. The van der Waals surface area contributed by atoms with Gasteiger partial charge >= 0.3 is 6.03 Å². The first-order valence-corrected chi connectivity index (χ1v) is 9.41. The van der Waals surface area contributed by atoms with Gasteiger partial charge in [-0.25, -0.2) is 4.79 Å². The minimum atomic E-state index is -0.00491. The van der Waals surface area contributed by atoms with Crippen molar-refractivity contribution < 1.29 is 9.59 Å². The Hall–Kier alpha value is -1.56. The molecule has 0 spiro atoms. The van der Waals surface area contributed by atoms with Crippen molar-refractivity contribution in [2.75, 3.05) is 39.3 Å². The summed E-state index contributed by atoms with van der Waals surface area (Å²) in [4.78, 5) is 28.3. The lowest BCUT2D eigenvalue weighted by Gasteiger charge is -2.23. The monoisotopic (exact) mass is 334 g/mol. The number of urea groups is 1. The fraction of sp³-hybridized carbons (Fsp3) is 0.778. The van der Waals surface area contributed by atoms with Crippen LogP contribution < -0.4 is 10.6 Å². The summed E-state index contributed by atoms with van der Waals surface area (Å²) in [6, 6.07) is 0.478. The Bertz CT molecular complexity index is 466. The van der Waals surface area contributed by atoms with E-state index in [0.717, 1.165) is 32.6 Å². The van der Waals surface area contributed by atoms with E-state index < -0.39 is 0 Å². The van der Waals surface area contributed by atoms with E-state index in [2.05, 4.69) is 27.7 Å². The van der Waals surface area contributed by atoms with Gasteiger partial charge in [0.05, 0.1) is 0 Å². The van der Waals surface area contributed by atoms with E-state index in [9.17, 15) is 9.59 Å². The molecule has 1 unspecified atom stereocenters. The molecule has 134 valence electrons. The molecular formula is C18H30N4O2. The molecule has 6 nitrogen and oxygen atoms in total. The van der Waals surface area contributed by atoms with Gasteiger partial charge < -0.3 is 15.5 Å². The number of hydrogen-bond donors (Lipinski definition) is 2. The average Bonchev–Trinajstić information content (AvgIpc) is 3.32. The highest BCUT2D eigenvalue weighted by atomic mass is 16.2. The minimum absolute atomic E-state index is 0.00491. The number of nitrogens with zero attached hydrogens (tertiary/aromatic N) is 2.